The quantitative estimate of drug-likeness (QED) is 0.790. The summed E-state index contributed by atoms with van der Waals surface area (Å²) in [4.78, 5) is 0. The highest BCUT2D eigenvalue weighted by Crippen LogP contribution is 2.34. The fourth-order valence-corrected chi connectivity index (χ4v) is 3.79. The highest BCUT2D eigenvalue weighted by molar-refractivity contribution is 4.81. The van der Waals surface area contributed by atoms with Crippen molar-refractivity contribution in [1.82, 2.24) is 5.32 Å². The molecule has 2 saturated carbocycles. The molecule has 0 aliphatic heterocycles. The molecule has 0 bridgehead atoms. The third kappa shape index (κ3) is 4.26. The molecule has 0 aromatic carbocycles. The van der Waals surface area contributed by atoms with Gasteiger partial charge in [0.25, 0.3) is 0 Å². The summed E-state index contributed by atoms with van der Waals surface area (Å²) in [5, 5.41) is 3.60. The van der Waals surface area contributed by atoms with Crippen LogP contribution in [0.1, 0.15) is 64.7 Å². The molecule has 2 rings (SSSR count). The standard InChI is InChI=1S/C15H30N2/c1-2-17-15-9-5-13(6-10-15)11-12-3-7-14(16)8-4-12/h12-15,17H,2-11,16H2,1H3. The molecule has 0 spiro atoms. The molecule has 0 saturated heterocycles. The van der Waals surface area contributed by atoms with Crippen molar-refractivity contribution in [2.24, 2.45) is 17.6 Å². The van der Waals surface area contributed by atoms with Crippen LogP contribution in [-0.4, -0.2) is 18.6 Å². The van der Waals surface area contributed by atoms with Crippen LogP contribution in [0.15, 0.2) is 0 Å². The summed E-state index contributed by atoms with van der Waals surface area (Å²) in [7, 11) is 0. The van der Waals surface area contributed by atoms with Crippen LogP contribution in [0.2, 0.25) is 0 Å². The zero-order valence-electron chi connectivity index (χ0n) is 11.5. The lowest BCUT2D eigenvalue weighted by molar-refractivity contribution is 0.216. The third-order valence-electron chi connectivity index (χ3n) is 4.90. The SMILES string of the molecule is CCNC1CCC(CC2CCC(N)CC2)CC1. The maximum atomic E-state index is 5.97. The zero-order chi connectivity index (χ0) is 12.1. The van der Waals surface area contributed by atoms with Gasteiger partial charge in [-0.25, -0.2) is 0 Å². The molecule has 0 aromatic heterocycles. The zero-order valence-corrected chi connectivity index (χ0v) is 11.5. The van der Waals surface area contributed by atoms with E-state index in [-0.39, 0.29) is 0 Å². The Bertz CT molecular complexity index is 201. The van der Waals surface area contributed by atoms with E-state index in [0.717, 1.165) is 24.4 Å². The molecule has 0 atom stereocenters. The summed E-state index contributed by atoms with van der Waals surface area (Å²) >= 11 is 0. The van der Waals surface area contributed by atoms with E-state index >= 15 is 0 Å². The van der Waals surface area contributed by atoms with Crippen molar-refractivity contribution >= 4 is 0 Å². The third-order valence-corrected chi connectivity index (χ3v) is 4.90. The predicted molar refractivity (Wildman–Crippen MR) is 74.0 cm³/mol. The Balaban J connectivity index is 1.64. The van der Waals surface area contributed by atoms with Crippen LogP contribution < -0.4 is 11.1 Å². The number of rotatable bonds is 4. The Morgan fingerprint density at radius 2 is 1.41 bits per heavy atom. The topological polar surface area (TPSA) is 38.0 Å². The average molecular weight is 238 g/mol. The van der Waals surface area contributed by atoms with Crippen molar-refractivity contribution in [2.45, 2.75) is 76.8 Å². The van der Waals surface area contributed by atoms with E-state index in [1.807, 2.05) is 0 Å². The van der Waals surface area contributed by atoms with Gasteiger partial charge < -0.3 is 11.1 Å². The second-order valence-electron chi connectivity index (χ2n) is 6.29. The van der Waals surface area contributed by atoms with E-state index in [0.29, 0.717) is 6.04 Å². The fraction of sp³-hybridized carbons (Fsp3) is 1.00. The van der Waals surface area contributed by atoms with Crippen LogP contribution in [-0.2, 0) is 0 Å². The van der Waals surface area contributed by atoms with Crippen molar-refractivity contribution < 1.29 is 0 Å². The van der Waals surface area contributed by atoms with Gasteiger partial charge in [-0.05, 0) is 76.2 Å². The molecule has 2 heteroatoms. The molecule has 0 aromatic rings. The smallest absolute Gasteiger partial charge is 0.00671 e. The summed E-state index contributed by atoms with van der Waals surface area (Å²) in [6.07, 6.45) is 12.6. The number of hydrogen-bond donors (Lipinski definition) is 2. The van der Waals surface area contributed by atoms with E-state index in [9.17, 15) is 0 Å². The molecule has 0 heterocycles. The van der Waals surface area contributed by atoms with E-state index < -0.39 is 0 Å². The molecule has 0 unspecified atom stereocenters. The van der Waals surface area contributed by atoms with Crippen LogP contribution in [0.25, 0.3) is 0 Å². The second-order valence-corrected chi connectivity index (χ2v) is 6.29. The van der Waals surface area contributed by atoms with Crippen LogP contribution in [0.3, 0.4) is 0 Å². The van der Waals surface area contributed by atoms with Crippen molar-refractivity contribution in [2.75, 3.05) is 6.54 Å². The summed E-state index contributed by atoms with van der Waals surface area (Å²) < 4.78 is 0. The lowest BCUT2D eigenvalue weighted by Crippen LogP contribution is -2.34. The summed E-state index contributed by atoms with van der Waals surface area (Å²) in [5.41, 5.74) is 5.97. The summed E-state index contributed by atoms with van der Waals surface area (Å²) in [6.45, 7) is 3.35. The maximum absolute atomic E-state index is 5.97. The first-order valence-electron chi connectivity index (χ1n) is 7.77. The van der Waals surface area contributed by atoms with E-state index in [1.165, 1.54) is 57.8 Å². The molecule has 0 radical (unpaired) electrons. The van der Waals surface area contributed by atoms with Gasteiger partial charge in [-0.1, -0.05) is 6.92 Å². The second kappa shape index (κ2) is 6.75. The Morgan fingerprint density at radius 1 is 0.882 bits per heavy atom. The Hall–Kier alpha value is -0.0800. The normalized spacial score (nSPS) is 39.2. The molecule has 2 nitrogen and oxygen atoms in total. The van der Waals surface area contributed by atoms with Crippen LogP contribution >= 0.6 is 0 Å². The highest BCUT2D eigenvalue weighted by atomic mass is 14.9. The molecule has 100 valence electrons. The van der Waals surface area contributed by atoms with Crippen molar-refractivity contribution in [1.29, 1.82) is 0 Å². The van der Waals surface area contributed by atoms with Crippen molar-refractivity contribution in [3.05, 3.63) is 0 Å². The first-order chi connectivity index (χ1) is 8.28. The van der Waals surface area contributed by atoms with Gasteiger partial charge in [0.05, 0.1) is 0 Å². The monoisotopic (exact) mass is 238 g/mol. The van der Waals surface area contributed by atoms with Gasteiger partial charge >= 0.3 is 0 Å². The lowest BCUT2D eigenvalue weighted by Gasteiger charge is -2.33. The van der Waals surface area contributed by atoms with Gasteiger partial charge in [0.1, 0.15) is 0 Å². The molecule has 17 heavy (non-hydrogen) atoms. The number of nitrogens with one attached hydrogen (secondary N) is 1. The minimum Gasteiger partial charge on any atom is -0.328 e. The van der Waals surface area contributed by atoms with Gasteiger partial charge in [-0.3, -0.25) is 0 Å². The summed E-state index contributed by atoms with van der Waals surface area (Å²) in [6, 6.07) is 1.33. The van der Waals surface area contributed by atoms with Crippen molar-refractivity contribution in [3.63, 3.8) is 0 Å². The first-order valence-corrected chi connectivity index (χ1v) is 7.77. The Kier molecular flexibility index (Phi) is 5.30. The first kappa shape index (κ1) is 13.4. The lowest BCUT2D eigenvalue weighted by atomic mass is 9.76. The van der Waals surface area contributed by atoms with Gasteiger partial charge in [0.15, 0.2) is 0 Å². The number of hydrogen-bond acceptors (Lipinski definition) is 2. The van der Waals surface area contributed by atoms with E-state index in [1.54, 1.807) is 0 Å². The molecule has 2 aliphatic rings. The van der Waals surface area contributed by atoms with Crippen LogP contribution in [0.5, 0.6) is 0 Å². The van der Waals surface area contributed by atoms with E-state index in [4.69, 9.17) is 5.73 Å². The molecular weight excluding hydrogens is 208 g/mol. The van der Waals surface area contributed by atoms with Gasteiger partial charge in [-0.2, -0.15) is 0 Å². The van der Waals surface area contributed by atoms with Crippen LogP contribution in [0, 0.1) is 11.8 Å². The van der Waals surface area contributed by atoms with Gasteiger partial charge in [-0.15, -0.1) is 0 Å². The average Bonchev–Trinajstić information content (AvgIpc) is 2.35. The molecule has 3 N–H and O–H groups in total. The highest BCUT2D eigenvalue weighted by Gasteiger charge is 2.25. The predicted octanol–water partition coefficient (Wildman–Crippen LogP) is 3.06. The van der Waals surface area contributed by atoms with E-state index in [2.05, 4.69) is 12.2 Å². The molecule has 2 aliphatic carbocycles. The Labute approximate surface area is 107 Å². The van der Waals surface area contributed by atoms with Gasteiger partial charge in [0.2, 0.25) is 0 Å². The minimum atomic E-state index is 0.510. The summed E-state index contributed by atoms with van der Waals surface area (Å²) in [5.74, 6) is 2.01. The van der Waals surface area contributed by atoms with Gasteiger partial charge in [0, 0.05) is 12.1 Å². The minimum absolute atomic E-state index is 0.510. The maximum Gasteiger partial charge on any atom is 0.00671 e. The Morgan fingerprint density at radius 3 is 1.94 bits per heavy atom. The number of nitrogens with two attached hydrogens (primary N) is 1. The van der Waals surface area contributed by atoms with Crippen molar-refractivity contribution in [3.8, 4) is 0 Å². The van der Waals surface area contributed by atoms with Crippen LogP contribution in [0.4, 0.5) is 0 Å². The molecule has 2 fully saturated rings. The molecular formula is C15H30N2. The largest absolute Gasteiger partial charge is 0.328 e. The fourth-order valence-electron chi connectivity index (χ4n) is 3.79. The molecule has 0 amide bonds.